The second kappa shape index (κ2) is 2.67. The Morgan fingerprint density at radius 3 is 2.67 bits per heavy atom. The highest BCUT2D eigenvalue weighted by atomic mass is 16.3. The quantitative estimate of drug-likeness (QED) is 0.546. The van der Waals surface area contributed by atoms with Gasteiger partial charge in [-0.2, -0.15) is 0 Å². The fourth-order valence-electron chi connectivity index (χ4n) is 1.87. The molecule has 0 bridgehead atoms. The van der Waals surface area contributed by atoms with Crippen LogP contribution in [0.25, 0.3) is 21.9 Å². The molecule has 4 N–H and O–H groups in total. The molecule has 0 aliphatic carbocycles. The molecule has 0 unspecified atom stereocenters. The van der Waals surface area contributed by atoms with E-state index in [9.17, 15) is 0 Å². The molecule has 0 radical (unpaired) electrons. The van der Waals surface area contributed by atoms with Crippen molar-refractivity contribution < 1.29 is 4.42 Å². The summed E-state index contributed by atoms with van der Waals surface area (Å²) in [6, 6.07) is 11.3. The lowest BCUT2D eigenvalue weighted by atomic mass is 10.1. The van der Waals surface area contributed by atoms with Crippen LogP contribution in [0.1, 0.15) is 0 Å². The zero-order valence-corrected chi connectivity index (χ0v) is 8.03. The van der Waals surface area contributed by atoms with Crippen molar-refractivity contribution in [1.82, 2.24) is 0 Å². The summed E-state index contributed by atoms with van der Waals surface area (Å²) in [6.45, 7) is 0. The normalized spacial score (nSPS) is 11.2. The van der Waals surface area contributed by atoms with E-state index in [0.717, 1.165) is 27.6 Å². The lowest BCUT2D eigenvalue weighted by molar-refractivity contribution is 0.669. The Bertz CT molecular complexity index is 655. The predicted octanol–water partition coefficient (Wildman–Crippen LogP) is 2.75. The zero-order chi connectivity index (χ0) is 10.4. The van der Waals surface area contributed by atoms with E-state index in [1.165, 1.54) is 0 Å². The first-order valence-corrected chi connectivity index (χ1v) is 4.72. The van der Waals surface area contributed by atoms with Gasteiger partial charge in [0.15, 0.2) is 0 Å². The van der Waals surface area contributed by atoms with Crippen LogP contribution in [-0.2, 0) is 0 Å². The molecule has 3 rings (SSSR count). The van der Waals surface area contributed by atoms with Crippen LogP contribution in [-0.4, -0.2) is 0 Å². The summed E-state index contributed by atoms with van der Waals surface area (Å²) < 4.78 is 5.65. The molecular formula is C12H10N2O. The molecule has 2 aromatic carbocycles. The van der Waals surface area contributed by atoms with Gasteiger partial charge in [-0.05, 0) is 24.3 Å². The maximum Gasteiger partial charge on any atom is 0.137 e. The van der Waals surface area contributed by atoms with Crippen molar-refractivity contribution in [1.29, 1.82) is 0 Å². The number of benzene rings is 2. The highest BCUT2D eigenvalue weighted by Gasteiger charge is 2.08. The smallest absolute Gasteiger partial charge is 0.137 e. The van der Waals surface area contributed by atoms with Crippen LogP contribution in [0.4, 0.5) is 11.4 Å². The van der Waals surface area contributed by atoms with E-state index in [0.29, 0.717) is 5.69 Å². The minimum Gasteiger partial charge on any atom is -0.456 e. The van der Waals surface area contributed by atoms with Crippen molar-refractivity contribution in [3.05, 3.63) is 36.4 Å². The van der Waals surface area contributed by atoms with Gasteiger partial charge >= 0.3 is 0 Å². The lowest BCUT2D eigenvalue weighted by Gasteiger charge is -1.94. The molecule has 1 aromatic heterocycles. The molecule has 74 valence electrons. The molecule has 15 heavy (non-hydrogen) atoms. The Kier molecular flexibility index (Phi) is 1.45. The van der Waals surface area contributed by atoms with Crippen LogP contribution in [0.3, 0.4) is 0 Å². The van der Waals surface area contributed by atoms with Crippen molar-refractivity contribution >= 4 is 33.3 Å². The molecule has 0 atom stereocenters. The van der Waals surface area contributed by atoms with Gasteiger partial charge in [0.05, 0.1) is 5.39 Å². The molecule has 0 saturated heterocycles. The third-order valence-electron chi connectivity index (χ3n) is 2.55. The molecule has 3 heteroatoms. The van der Waals surface area contributed by atoms with E-state index in [2.05, 4.69) is 0 Å². The fraction of sp³-hybridized carbons (Fsp3) is 0. The van der Waals surface area contributed by atoms with Gasteiger partial charge in [-0.1, -0.05) is 6.07 Å². The standard InChI is InChI=1S/C12H10N2O/c13-7-4-5-8-11(6-7)15-10-3-1-2-9(14)12(8)10/h1-6H,13-14H2. The van der Waals surface area contributed by atoms with Crippen molar-refractivity contribution in [2.45, 2.75) is 0 Å². The number of furan rings is 1. The van der Waals surface area contributed by atoms with E-state index < -0.39 is 0 Å². The molecule has 0 amide bonds. The lowest BCUT2D eigenvalue weighted by Crippen LogP contribution is -1.84. The fourth-order valence-corrected chi connectivity index (χ4v) is 1.87. The van der Waals surface area contributed by atoms with Gasteiger partial charge in [0.25, 0.3) is 0 Å². The molecule has 1 heterocycles. The summed E-state index contributed by atoms with van der Waals surface area (Å²) in [5.74, 6) is 0. The first-order chi connectivity index (χ1) is 7.25. The molecule has 0 aliphatic heterocycles. The Hall–Kier alpha value is -2.16. The van der Waals surface area contributed by atoms with Crippen molar-refractivity contribution in [2.24, 2.45) is 0 Å². The number of rotatable bonds is 0. The van der Waals surface area contributed by atoms with Crippen molar-refractivity contribution in [3.63, 3.8) is 0 Å². The molecule has 0 saturated carbocycles. The summed E-state index contributed by atoms with van der Waals surface area (Å²) >= 11 is 0. The Balaban J connectivity index is 2.59. The van der Waals surface area contributed by atoms with Gasteiger partial charge in [0, 0.05) is 22.8 Å². The number of anilines is 2. The minimum atomic E-state index is 0.695. The van der Waals surface area contributed by atoms with Crippen molar-refractivity contribution in [2.75, 3.05) is 11.5 Å². The molecular weight excluding hydrogens is 188 g/mol. The van der Waals surface area contributed by atoms with Gasteiger partial charge in [-0.3, -0.25) is 0 Å². The highest BCUT2D eigenvalue weighted by molar-refractivity contribution is 6.11. The average Bonchev–Trinajstić information content (AvgIpc) is 2.56. The van der Waals surface area contributed by atoms with Crippen molar-refractivity contribution in [3.8, 4) is 0 Å². The summed E-state index contributed by atoms with van der Waals surface area (Å²) in [7, 11) is 0. The van der Waals surface area contributed by atoms with Crippen LogP contribution < -0.4 is 11.5 Å². The Morgan fingerprint density at radius 1 is 0.933 bits per heavy atom. The molecule has 0 aliphatic rings. The SMILES string of the molecule is Nc1ccc2c(c1)oc1cccc(N)c12. The molecule has 0 spiro atoms. The van der Waals surface area contributed by atoms with Crippen LogP contribution in [0.2, 0.25) is 0 Å². The van der Waals surface area contributed by atoms with Gasteiger partial charge in [0.1, 0.15) is 11.2 Å². The van der Waals surface area contributed by atoms with Gasteiger partial charge < -0.3 is 15.9 Å². The van der Waals surface area contributed by atoms with Gasteiger partial charge in [0.2, 0.25) is 0 Å². The first kappa shape index (κ1) is 8.17. The van der Waals surface area contributed by atoms with Crippen LogP contribution in [0, 0.1) is 0 Å². The van der Waals surface area contributed by atoms with Crippen LogP contribution >= 0.6 is 0 Å². The van der Waals surface area contributed by atoms with Crippen LogP contribution in [0.5, 0.6) is 0 Å². The van der Waals surface area contributed by atoms with E-state index in [1.54, 1.807) is 0 Å². The second-order valence-electron chi connectivity index (χ2n) is 3.58. The minimum absolute atomic E-state index is 0.695. The monoisotopic (exact) mass is 198 g/mol. The third-order valence-corrected chi connectivity index (χ3v) is 2.55. The van der Waals surface area contributed by atoms with Gasteiger partial charge in [-0.15, -0.1) is 0 Å². The summed E-state index contributed by atoms with van der Waals surface area (Å²) in [4.78, 5) is 0. The Labute approximate surface area is 86.3 Å². The summed E-state index contributed by atoms with van der Waals surface area (Å²) in [5, 5.41) is 1.98. The summed E-state index contributed by atoms with van der Waals surface area (Å²) in [6.07, 6.45) is 0. The number of hydrogen-bond acceptors (Lipinski definition) is 3. The number of nitrogens with two attached hydrogens (primary N) is 2. The number of fused-ring (bicyclic) bond motifs is 3. The van der Waals surface area contributed by atoms with E-state index in [4.69, 9.17) is 15.9 Å². The van der Waals surface area contributed by atoms with Gasteiger partial charge in [-0.25, -0.2) is 0 Å². The predicted molar refractivity (Wildman–Crippen MR) is 62.5 cm³/mol. The third kappa shape index (κ3) is 1.06. The Morgan fingerprint density at radius 2 is 1.80 bits per heavy atom. The topological polar surface area (TPSA) is 65.2 Å². The molecule has 0 fully saturated rings. The first-order valence-electron chi connectivity index (χ1n) is 4.72. The second-order valence-corrected chi connectivity index (χ2v) is 3.58. The average molecular weight is 198 g/mol. The van der Waals surface area contributed by atoms with E-state index >= 15 is 0 Å². The van der Waals surface area contributed by atoms with E-state index in [1.807, 2.05) is 36.4 Å². The number of hydrogen-bond donors (Lipinski definition) is 2. The molecule has 3 nitrogen and oxygen atoms in total. The highest BCUT2D eigenvalue weighted by Crippen LogP contribution is 2.33. The van der Waals surface area contributed by atoms with E-state index in [-0.39, 0.29) is 0 Å². The maximum atomic E-state index is 5.91. The largest absolute Gasteiger partial charge is 0.456 e. The maximum absolute atomic E-state index is 5.91. The summed E-state index contributed by atoms with van der Waals surface area (Å²) in [5.41, 5.74) is 14.6. The van der Waals surface area contributed by atoms with Crippen LogP contribution in [0.15, 0.2) is 40.8 Å². The zero-order valence-electron chi connectivity index (χ0n) is 8.03. The number of nitrogen functional groups attached to an aromatic ring is 2. The molecule has 3 aromatic rings.